The van der Waals surface area contributed by atoms with Crippen molar-refractivity contribution in [3.8, 4) is 0 Å². The molecule has 0 saturated heterocycles. The predicted octanol–water partition coefficient (Wildman–Crippen LogP) is 2.37. The Hall–Kier alpha value is -1.14. The molecule has 0 aromatic heterocycles. The van der Waals surface area contributed by atoms with Gasteiger partial charge >= 0.3 is 11.9 Å². The number of hydrogen-bond acceptors (Lipinski definition) is 4. The van der Waals surface area contributed by atoms with E-state index in [2.05, 4.69) is 6.92 Å². The van der Waals surface area contributed by atoms with Crippen molar-refractivity contribution in [1.29, 1.82) is 0 Å². The second kappa shape index (κ2) is 15.9. The largest absolute Gasteiger partial charge is 0.481 e. The van der Waals surface area contributed by atoms with Gasteiger partial charge in [0.1, 0.15) is 0 Å². The summed E-state index contributed by atoms with van der Waals surface area (Å²) in [6.45, 7) is 2.21. The van der Waals surface area contributed by atoms with E-state index in [4.69, 9.17) is 20.4 Å². The maximum absolute atomic E-state index is 9.64. The van der Waals surface area contributed by atoms with Crippen LogP contribution in [-0.4, -0.2) is 38.7 Å². The molecule has 0 fully saturated rings. The van der Waals surface area contributed by atoms with E-state index in [0.29, 0.717) is 6.42 Å². The van der Waals surface area contributed by atoms with E-state index in [1.165, 1.54) is 32.1 Å². The van der Waals surface area contributed by atoms with Gasteiger partial charge in [-0.05, 0) is 12.8 Å². The lowest BCUT2D eigenvalue weighted by Gasteiger charge is -2.02. The maximum Gasteiger partial charge on any atom is 0.303 e. The molecule has 0 spiro atoms. The fourth-order valence-corrected chi connectivity index (χ4v) is 1.50. The first-order valence-electron chi connectivity index (χ1n) is 7.19. The summed E-state index contributed by atoms with van der Waals surface area (Å²) in [6, 6.07) is 0. The minimum Gasteiger partial charge on any atom is -0.481 e. The van der Waals surface area contributed by atoms with Crippen molar-refractivity contribution >= 4 is 11.9 Å². The van der Waals surface area contributed by atoms with Crippen LogP contribution in [0.4, 0.5) is 0 Å². The third kappa shape index (κ3) is 25.6. The fourth-order valence-electron chi connectivity index (χ4n) is 1.50. The Balaban J connectivity index is 0. The van der Waals surface area contributed by atoms with E-state index in [0.717, 1.165) is 12.8 Å². The summed E-state index contributed by atoms with van der Waals surface area (Å²) in [5.41, 5.74) is 0. The molecule has 6 heteroatoms. The summed E-state index contributed by atoms with van der Waals surface area (Å²) in [7, 11) is 0. The van der Waals surface area contributed by atoms with E-state index in [-0.39, 0.29) is 12.8 Å². The van der Waals surface area contributed by atoms with Crippen molar-refractivity contribution in [3.05, 3.63) is 0 Å². The zero-order valence-corrected chi connectivity index (χ0v) is 12.3. The number of rotatable bonds is 11. The molecule has 0 aromatic rings. The molecule has 0 unspecified atom stereocenters. The first-order valence-corrected chi connectivity index (χ1v) is 7.19. The lowest BCUT2D eigenvalue weighted by atomic mass is 10.1. The summed E-state index contributed by atoms with van der Waals surface area (Å²) in [4.78, 5) is 19.3. The topological polar surface area (TPSA) is 115 Å². The second-order valence-electron chi connectivity index (χ2n) is 4.68. The molecule has 4 N–H and O–H groups in total. The Bertz CT molecular complexity index is 226. The van der Waals surface area contributed by atoms with Crippen LogP contribution in [0, 0.1) is 0 Å². The Morgan fingerprint density at radius 2 is 1.20 bits per heavy atom. The van der Waals surface area contributed by atoms with Crippen LogP contribution >= 0.6 is 0 Å². The average Bonchev–Trinajstić information content (AvgIpc) is 2.36. The van der Waals surface area contributed by atoms with E-state index in [1.54, 1.807) is 0 Å². The molecule has 6 nitrogen and oxygen atoms in total. The normalized spacial score (nSPS) is 10.0. The van der Waals surface area contributed by atoms with Gasteiger partial charge in [0, 0.05) is 0 Å². The van der Waals surface area contributed by atoms with Crippen molar-refractivity contribution in [2.75, 3.05) is 0 Å². The predicted molar refractivity (Wildman–Crippen MR) is 75.3 cm³/mol. The third-order valence-electron chi connectivity index (χ3n) is 2.62. The molecule has 0 saturated carbocycles. The van der Waals surface area contributed by atoms with Crippen LogP contribution in [-0.2, 0) is 9.59 Å². The number of carbonyl (C=O) groups is 2. The molecule has 0 heterocycles. The molecule has 20 heavy (non-hydrogen) atoms. The van der Waals surface area contributed by atoms with Gasteiger partial charge in [0.2, 0.25) is 0 Å². The summed E-state index contributed by atoms with van der Waals surface area (Å²) in [5.74, 6) is -2.15. The van der Waals surface area contributed by atoms with Crippen LogP contribution in [0.15, 0.2) is 0 Å². The average molecular weight is 292 g/mol. The van der Waals surface area contributed by atoms with Crippen molar-refractivity contribution in [2.45, 2.75) is 77.4 Å². The van der Waals surface area contributed by atoms with Gasteiger partial charge in [0.05, 0.1) is 12.8 Å². The summed E-state index contributed by atoms with van der Waals surface area (Å²) < 4.78 is 0. The van der Waals surface area contributed by atoms with Gasteiger partial charge in [-0.2, -0.15) is 0 Å². The molecule has 120 valence electrons. The van der Waals surface area contributed by atoms with E-state index < -0.39 is 18.2 Å². The fraction of sp³-hybridized carbons (Fsp3) is 0.857. The number of carboxylic acid groups (broad SMARTS) is 2. The Morgan fingerprint density at radius 1 is 0.800 bits per heavy atom. The number of aliphatic hydroxyl groups excluding tert-OH is 1. The summed E-state index contributed by atoms with van der Waals surface area (Å²) in [5, 5.41) is 32.9. The molecular weight excluding hydrogens is 264 g/mol. The molecule has 0 aromatic carbocycles. The van der Waals surface area contributed by atoms with Crippen LogP contribution in [0.1, 0.15) is 71.1 Å². The van der Waals surface area contributed by atoms with E-state index >= 15 is 0 Å². The van der Waals surface area contributed by atoms with Crippen LogP contribution in [0.25, 0.3) is 0 Å². The number of carboxylic acids is 2. The van der Waals surface area contributed by atoms with Gasteiger partial charge in [0.25, 0.3) is 0 Å². The van der Waals surface area contributed by atoms with Gasteiger partial charge < -0.3 is 20.4 Å². The lowest BCUT2D eigenvalue weighted by Crippen LogP contribution is -2.02. The number of aliphatic hydroxyl groups is 2. The monoisotopic (exact) mass is 292 g/mol. The quantitative estimate of drug-likeness (QED) is 0.343. The van der Waals surface area contributed by atoms with Crippen LogP contribution in [0.5, 0.6) is 0 Å². The van der Waals surface area contributed by atoms with Crippen LogP contribution in [0.2, 0.25) is 0 Å². The van der Waals surface area contributed by atoms with E-state index in [9.17, 15) is 9.59 Å². The SMILES string of the molecule is CCCCCCCCCC(O)O.O=C(O)CCC(=O)O. The molecule has 0 aliphatic rings. The zero-order chi connectivity index (χ0) is 15.8. The number of hydrogen-bond donors (Lipinski definition) is 4. The number of aliphatic carboxylic acids is 2. The molecule has 0 bridgehead atoms. The highest BCUT2D eigenvalue weighted by atomic mass is 16.5. The molecule has 0 aliphatic carbocycles. The van der Waals surface area contributed by atoms with Gasteiger partial charge in [-0.3, -0.25) is 9.59 Å². The maximum atomic E-state index is 9.64. The van der Waals surface area contributed by atoms with E-state index in [1.807, 2.05) is 0 Å². The molecule has 0 radical (unpaired) electrons. The Labute approximate surface area is 120 Å². The summed E-state index contributed by atoms with van der Waals surface area (Å²) >= 11 is 0. The minimum absolute atomic E-state index is 0.296. The molecule has 0 amide bonds. The van der Waals surface area contributed by atoms with Gasteiger partial charge in [-0.15, -0.1) is 0 Å². The smallest absolute Gasteiger partial charge is 0.303 e. The summed E-state index contributed by atoms with van der Waals surface area (Å²) in [6.07, 6.45) is 7.43. The highest BCUT2D eigenvalue weighted by Gasteiger charge is 2.00. The van der Waals surface area contributed by atoms with Gasteiger partial charge in [-0.25, -0.2) is 0 Å². The highest BCUT2D eigenvalue weighted by molar-refractivity contribution is 5.75. The first kappa shape index (κ1) is 21.2. The van der Waals surface area contributed by atoms with Crippen LogP contribution in [0.3, 0.4) is 0 Å². The zero-order valence-electron chi connectivity index (χ0n) is 12.3. The molecular formula is C14H28O6. The van der Waals surface area contributed by atoms with Crippen molar-refractivity contribution < 1.29 is 30.0 Å². The second-order valence-corrected chi connectivity index (χ2v) is 4.68. The Morgan fingerprint density at radius 3 is 1.55 bits per heavy atom. The lowest BCUT2D eigenvalue weighted by molar-refractivity contribution is -0.143. The minimum atomic E-state index is -1.10. The molecule has 0 aliphatic heterocycles. The molecule has 0 atom stereocenters. The number of unbranched alkanes of at least 4 members (excludes halogenated alkanes) is 6. The highest BCUT2D eigenvalue weighted by Crippen LogP contribution is 2.08. The standard InChI is InChI=1S/C10H22O2.C4H6O4/c1-2-3-4-5-6-7-8-9-10(11)12;5-3(6)1-2-4(7)8/h10-12H,2-9H2,1H3;1-2H2,(H,5,6)(H,7,8). The van der Waals surface area contributed by atoms with Gasteiger partial charge in [-0.1, -0.05) is 45.4 Å². The first-order chi connectivity index (χ1) is 9.40. The van der Waals surface area contributed by atoms with Crippen LogP contribution < -0.4 is 0 Å². The van der Waals surface area contributed by atoms with Crippen molar-refractivity contribution in [2.24, 2.45) is 0 Å². The van der Waals surface area contributed by atoms with Gasteiger partial charge in [0.15, 0.2) is 6.29 Å². The Kier molecular flexibility index (Phi) is 16.8. The van der Waals surface area contributed by atoms with Crippen molar-refractivity contribution in [3.63, 3.8) is 0 Å². The molecule has 0 rings (SSSR count). The third-order valence-corrected chi connectivity index (χ3v) is 2.62. The van der Waals surface area contributed by atoms with Crippen molar-refractivity contribution in [1.82, 2.24) is 0 Å².